The molecule has 1 aromatic carbocycles. The quantitative estimate of drug-likeness (QED) is 0.482. The summed E-state index contributed by atoms with van der Waals surface area (Å²) in [6, 6.07) is 8.07. The monoisotopic (exact) mass is 366 g/mol. The third-order valence-corrected chi connectivity index (χ3v) is 4.56. The lowest BCUT2D eigenvalue weighted by atomic mass is 9.86. The first-order chi connectivity index (χ1) is 11.6. The highest BCUT2D eigenvalue weighted by atomic mass is 32.1. The van der Waals surface area contributed by atoms with Gasteiger partial charge in [-0.3, -0.25) is 10.9 Å². The van der Waals surface area contributed by atoms with Gasteiger partial charge in [0.2, 0.25) is 0 Å². The van der Waals surface area contributed by atoms with Crippen molar-refractivity contribution in [3.05, 3.63) is 24.3 Å². The number of hydrazine groups is 1. The van der Waals surface area contributed by atoms with Crippen LogP contribution in [0.3, 0.4) is 0 Å². The summed E-state index contributed by atoms with van der Waals surface area (Å²) >= 11 is 10.6. The number of anilines is 1. The Balaban J connectivity index is 1.71. The van der Waals surface area contributed by atoms with Crippen LogP contribution >= 0.6 is 24.4 Å². The van der Waals surface area contributed by atoms with Crippen molar-refractivity contribution < 1.29 is 4.74 Å². The second-order valence-electron chi connectivity index (χ2n) is 6.00. The normalized spacial score (nSPS) is 19.9. The summed E-state index contributed by atoms with van der Waals surface area (Å²) in [5.41, 5.74) is 6.74. The number of hydrogen-bond donors (Lipinski definition) is 4. The molecule has 5 nitrogen and oxygen atoms in total. The molecule has 2 atom stereocenters. The summed E-state index contributed by atoms with van der Waals surface area (Å²) in [6.07, 6.45) is 4.99. The van der Waals surface area contributed by atoms with Crippen LogP contribution in [-0.4, -0.2) is 22.9 Å². The number of benzene rings is 1. The Labute approximate surface area is 154 Å². The van der Waals surface area contributed by atoms with E-state index in [1.807, 2.05) is 31.2 Å². The van der Waals surface area contributed by atoms with E-state index < -0.39 is 0 Å². The van der Waals surface area contributed by atoms with Crippen LogP contribution in [0.25, 0.3) is 0 Å². The van der Waals surface area contributed by atoms with Crippen molar-refractivity contribution in [1.82, 2.24) is 16.2 Å². The SMILES string of the molecule is CCOc1ccc(NC(=S)NNC(=S)N[C@H]2CCCC[C@@H]2C)cc1. The van der Waals surface area contributed by atoms with Crippen molar-refractivity contribution in [2.75, 3.05) is 11.9 Å². The van der Waals surface area contributed by atoms with Crippen LogP contribution in [0.2, 0.25) is 0 Å². The molecule has 0 bridgehead atoms. The van der Waals surface area contributed by atoms with Crippen molar-refractivity contribution >= 4 is 40.3 Å². The van der Waals surface area contributed by atoms with Gasteiger partial charge in [-0.15, -0.1) is 0 Å². The Morgan fingerprint density at radius 1 is 1.08 bits per heavy atom. The Morgan fingerprint density at radius 2 is 1.75 bits per heavy atom. The van der Waals surface area contributed by atoms with Gasteiger partial charge in [0, 0.05) is 11.7 Å². The van der Waals surface area contributed by atoms with Gasteiger partial charge in [-0.25, -0.2) is 0 Å². The molecule has 0 aromatic heterocycles. The summed E-state index contributed by atoms with van der Waals surface area (Å²) in [6.45, 7) is 4.88. The van der Waals surface area contributed by atoms with Gasteiger partial charge in [0.15, 0.2) is 10.2 Å². The minimum atomic E-state index is 0.438. The van der Waals surface area contributed by atoms with Crippen molar-refractivity contribution in [2.45, 2.75) is 45.6 Å². The Morgan fingerprint density at radius 3 is 2.42 bits per heavy atom. The minimum Gasteiger partial charge on any atom is -0.494 e. The first-order valence-electron chi connectivity index (χ1n) is 8.45. The minimum absolute atomic E-state index is 0.438. The zero-order valence-electron chi connectivity index (χ0n) is 14.2. The highest BCUT2D eigenvalue weighted by molar-refractivity contribution is 7.80. The molecule has 4 N–H and O–H groups in total. The van der Waals surface area contributed by atoms with Gasteiger partial charge < -0.3 is 15.4 Å². The van der Waals surface area contributed by atoms with E-state index in [0.717, 1.165) is 17.9 Å². The summed E-state index contributed by atoms with van der Waals surface area (Å²) in [7, 11) is 0. The van der Waals surface area contributed by atoms with E-state index in [0.29, 0.717) is 28.8 Å². The van der Waals surface area contributed by atoms with Crippen LogP contribution in [0.4, 0.5) is 5.69 Å². The predicted molar refractivity (Wildman–Crippen MR) is 107 cm³/mol. The molecule has 7 heteroatoms. The van der Waals surface area contributed by atoms with Gasteiger partial charge in [0.05, 0.1) is 6.61 Å². The molecule has 1 fully saturated rings. The molecule has 0 spiro atoms. The van der Waals surface area contributed by atoms with Crippen LogP contribution in [0.5, 0.6) is 5.75 Å². The molecule has 0 aliphatic heterocycles. The average Bonchev–Trinajstić information content (AvgIpc) is 2.57. The van der Waals surface area contributed by atoms with Crippen molar-refractivity contribution in [2.24, 2.45) is 5.92 Å². The lowest BCUT2D eigenvalue weighted by Crippen LogP contribution is -2.52. The lowest BCUT2D eigenvalue weighted by Gasteiger charge is -2.30. The van der Waals surface area contributed by atoms with Crippen LogP contribution in [0.1, 0.15) is 39.5 Å². The van der Waals surface area contributed by atoms with Gasteiger partial charge in [0.25, 0.3) is 0 Å². The van der Waals surface area contributed by atoms with Crippen LogP contribution < -0.4 is 26.2 Å². The molecule has 0 saturated heterocycles. The lowest BCUT2D eigenvalue weighted by molar-refractivity contribution is 0.308. The maximum absolute atomic E-state index is 5.41. The van der Waals surface area contributed by atoms with Gasteiger partial charge in [-0.2, -0.15) is 0 Å². The van der Waals surface area contributed by atoms with E-state index >= 15 is 0 Å². The molecule has 1 aliphatic carbocycles. The predicted octanol–water partition coefficient (Wildman–Crippen LogP) is 3.33. The third kappa shape index (κ3) is 6.13. The molecule has 0 amide bonds. The molecule has 132 valence electrons. The van der Waals surface area contributed by atoms with Crippen LogP contribution in [-0.2, 0) is 0 Å². The zero-order valence-corrected chi connectivity index (χ0v) is 15.9. The standard InChI is InChI=1S/C17H26N4OS2/c1-3-22-14-10-8-13(9-11-14)18-16(23)20-21-17(24)19-15-7-5-4-6-12(15)2/h8-12,15H,3-7H2,1-2H3,(H2,18,20,23)(H2,19,21,24)/t12-,15-/m0/s1. The number of nitrogens with one attached hydrogen (secondary N) is 4. The molecule has 24 heavy (non-hydrogen) atoms. The Kier molecular flexibility index (Phi) is 7.52. The first-order valence-corrected chi connectivity index (χ1v) is 9.26. The van der Waals surface area contributed by atoms with E-state index in [-0.39, 0.29) is 0 Å². The smallest absolute Gasteiger partial charge is 0.189 e. The summed E-state index contributed by atoms with van der Waals surface area (Å²) in [5.74, 6) is 1.49. The molecule has 1 saturated carbocycles. The molecule has 0 radical (unpaired) electrons. The second-order valence-corrected chi connectivity index (χ2v) is 6.82. The molecular weight excluding hydrogens is 340 g/mol. The fourth-order valence-electron chi connectivity index (χ4n) is 2.81. The summed E-state index contributed by atoms with van der Waals surface area (Å²) in [4.78, 5) is 0. The Hall–Kier alpha value is -1.60. The fraction of sp³-hybridized carbons (Fsp3) is 0.529. The highest BCUT2D eigenvalue weighted by Gasteiger charge is 2.21. The number of rotatable bonds is 4. The Bertz CT molecular complexity index is 550. The van der Waals surface area contributed by atoms with Gasteiger partial charge in [-0.1, -0.05) is 19.8 Å². The van der Waals surface area contributed by atoms with E-state index in [4.69, 9.17) is 29.2 Å². The maximum Gasteiger partial charge on any atom is 0.189 e. The summed E-state index contributed by atoms with van der Waals surface area (Å²) < 4.78 is 5.41. The molecule has 0 unspecified atom stereocenters. The zero-order chi connectivity index (χ0) is 17.4. The van der Waals surface area contributed by atoms with E-state index in [2.05, 4.69) is 28.4 Å². The molecular formula is C17H26N4OS2. The molecule has 1 aliphatic rings. The second kappa shape index (κ2) is 9.64. The first kappa shape index (κ1) is 18.7. The van der Waals surface area contributed by atoms with Crippen molar-refractivity contribution in [3.63, 3.8) is 0 Å². The molecule has 2 rings (SSSR count). The highest BCUT2D eigenvalue weighted by Crippen LogP contribution is 2.23. The van der Waals surface area contributed by atoms with E-state index in [1.54, 1.807) is 0 Å². The number of ether oxygens (including phenoxy) is 1. The topological polar surface area (TPSA) is 57.4 Å². The van der Waals surface area contributed by atoms with Crippen molar-refractivity contribution in [3.8, 4) is 5.75 Å². The van der Waals surface area contributed by atoms with E-state index in [9.17, 15) is 0 Å². The number of thiocarbonyl (C=S) groups is 2. The molecule has 0 heterocycles. The fourth-order valence-corrected chi connectivity index (χ4v) is 3.18. The largest absolute Gasteiger partial charge is 0.494 e. The summed E-state index contributed by atoms with van der Waals surface area (Å²) in [5, 5.41) is 7.49. The van der Waals surface area contributed by atoms with Crippen LogP contribution in [0, 0.1) is 5.92 Å². The molecule has 1 aromatic rings. The van der Waals surface area contributed by atoms with Crippen molar-refractivity contribution in [1.29, 1.82) is 0 Å². The van der Waals surface area contributed by atoms with E-state index in [1.165, 1.54) is 19.3 Å². The van der Waals surface area contributed by atoms with Gasteiger partial charge in [0.1, 0.15) is 5.75 Å². The number of hydrogen-bond acceptors (Lipinski definition) is 3. The third-order valence-electron chi connectivity index (χ3n) is 4.14. The maximum atomic E-state index is 5.41. The average molecular weight is 367 g/mol. The van der Waals surface area contributed by atoms with Gasteiger partial charge in [-0.05, 0) is 74.4 Å². The van der Waals surface area contributed by atoms with Crippen LogP contribution in [0.15, 0.2) is 24.3 Å². The van der Waals surface area contributed by atoms with Gasteiger partial charge >= 0.3 is 0 Å².